The van der Waals surface area contributed by atoms with Crippen LogP contribution in [-0.2, 0) is 0 Å². The van der Waals surface area contributed by atoms with E-state index in [0.29, 0.717) is 0 Å². The topological polar surface area (TPSA) is 46.9 Å². The van der Waals surface area contributed by atoms with Crippen molar-refractivity contribution in [3.8, 4) is 0 Å². The smallest absolute Gasteiger partial charge is 0.115 e. The number of rotatable bonds is 2. The van der Waals surface area contributed by atoms with Crippen LogP contribution in [0.25, 0.3) is 0 Å². The van der Waals surface area contributed by atoms with Gasteiger partial charge in [-0.05, 0) is 12.1 Å². The summed E-state index contributed by atoms with van der Waals surface area (Å²) in [5.41, 5.74) is 1.96. The van der Waals surface area contributed by atoms with Gasteiger partial charge in [-0.2, -0.15) is 0 Å². The van der Waals surface area contributed by atoms with Gasteiger partial charge in [-0.1, -0.05) is 12.1 Å². The Balaban J connectivity index is 2.38. The maximum atomic E-state index is 9.14. The van der Waals surface area contributed by atoms with Crippen LogP contribution in [0, 0.1) is 0 Å². The summed E-state index contributed by atoms with van der Waals surface area (Å²) in [5.74, 6) is 0. The molecule has 0 atom stereocenters. The molecule has 0 saturated heterocycles. The molecule has 0 unspecified atom stereocenters. The van der Waals surface area contributed by atoms with Gasteiger partial charge in [0, 0.05) is 13.1 Å². The molecular weight excluding hydrogens is 180 g/mol. The van der Waals surface area contributed by atoms with Gasteiger partial charge >= 0.3 is 0 Å². The van der Waals surface area contributed by atoms with Crippen molar-refractivity contribution < 1.29 is 10.2 Å². The molecule has 0 saturated carbocycles. The molecular formula is C10H14N2O2. The Morgan fingerprint density at radius 1 is 0.929 bits per heavy atom. The van der Waals surface area contributed by atoms with Gasteiger partial charge in [0.15, 0.2) is 0 Å². The quantitative estimate of drug-likeness (QED) is 0.706. The zero-order valence-electron chi connectivity index (χ0n) is 7.93. The lowest BCUT2D eigenvalue weighted by Gasteiger charge is -2.36. The molecule has 76 valence electrons. The van der Waals surface area contributed by atoms with Crippen LogP contribution in [0.3, 0.4) is 0 Å². The summed E-state index contributed by atoms with van der Waals surface area (Å²) in [6.07, 6.45) is 0. The molecule has 1 aromatic carbocycles. The highest BCUT2D eigenvalue weighted by atomic mass is 16.3. The van der Waals surface area contributed by atoms with E-state index in [4.69, 9.17) is 10.2 Å². The molecule has 1 aliphatic heterocycles. The number of anilines is 2. The number of para-hydroxylation sites is 2. The highest BCUT2D eigenvalue weighted by molar-refractivity contribution is 5.73. The molecule has 14 heavy (non-hydrogen) atoms. The Kier molecular flexibility index (Phi) is 2.56. The monoisotopic (exact) mass is 194 g/mol. The molecule has 4 nitrogen and oxygen atoms in total. The lowest BCUT2D eigenvalue weighted by atomic mass is 10.2. The van der Waals surface area contributed by atoms with Crippen molar-refractivity contribution >= 4 is 11.4 Å². The minimum Gasteiger partial charge on any atom is -0.376 e. The van der Waals surface area contributed by atoms with Crippen LogP contribution in [0.2, 0.25) is 0 Å². The highest BCUT2D eigenvalue weighted by Crippen LogP contribution is 2.31. The molecule has 0 amide bonds. The fourth-order valence-corrected chi connectivity index (χ4v) is 1.78. The Hall–Kier alpha value is -1.26. The van der Waals surface area contributed by atoms with Crippen molar-refractivity contribution in [3.05, 3.63) is 24.3 Å². The number of aliphatic hydroxyl groups is 2. The van der Waals surface area contributed by atoms with E-state index in [0.717, 1.165) is 24.5 Å². The Morgan fingerprint density at radius 3 is 1.71 bits per heavy atom. The third kappa shape index (κ3) is 1.42. The number of fused-ring (bicyclic) bond motifs is 1. The minimum absolute atomic E-state index is 0.0241. The summed E-state index contributed by atoms with van der Waals surface area (Å²) in [6, 6.07) is 7.77. The molecule has 0 aliphatic carbocycles. The van der Waals surface area contributed by atoms with Crippen LogP contribution in [-0.4, -0.2) is 36.8 Å². The average Bonchev–Trinajstić information content (AvgIpc) is 2.27. The first-order valence-electron chi connectivity index (χ1n) is 4.67. The third-order valence-corrected chi connectivity index (χ3v) is 2.54. The molecule has 2 rings (SSSR count). The fourth-order valence-electron chi connectivity index (χ4n) is 1.78. The molecule has 1 aromatic rings. The second-order valence-corrected chi connectivity index (χ2v) is 3.30. The minimum atomic E-state index is 0.0241. The van der Waals surface area contributed by atoms with Gasteiger partial charge in [-0.25, -0.2) is 0 Å². The van der Waals surface area contributed by atoms with Crippen molar-refractivity contribution in [2.45, 2.75) is 0 Å². The van der Waals surface area contributed by atoms with E-state index in [1.54, 1.807) is 0 Å². The molecule has 0 aromatic heterocycles. The maximum absolute atomic E-state index is 9.14. The van der Waals surface area contributed by atoms with Crippen molar-refractivity contribution in [1.29, 1.82) is 0 Å². The Labute approximate surface area is 83.0 Å². The van der Waals surface area contributed by atoms with Gasteiger partial charge in [0.05, 0.1) is 11.4 Å². The Bertz CT molecular complexity index is 286. The molecule has 1 aliphatic rings. The molecule has 0 spiro atoms. The first kappa shape index (κ1) is 9.30. The van der Waals surface area contributed by atoms with Crippen molar-refractivity contribution in [2.24, 2.45) is 0 Å². The number of nitrogens with zero attached hydrogens (tertiary/aromatic N) is 2. The van der Waals surface area contributed by atoms with E-state index in [-0.39, 0.29) is 13.5 Å². The summed E-state index contributed by atoms with van der Waals surface area (Å²) >= 11 is 0. The number of hydrogen-bond donors (Lipinski definition) is 2. The van der Waals surface area contributed by atoms with Crippen LogP contribution in [0.5, 0.6) is 0 Å². The molecule has 0 fully saturated rings. The van der Waals surface area contributed by atoms with Crippen LogP contribution in [0.1, 0.15) is 0 Å². The number of hydrogen-bond acceptors (Lipinski definition) is 4. The van der Waals surface area contributed by atoms with Crippen molar-refractivity contribution in [3.63, 3.8) is 0 Å². The molecule has 0 radical (unpaired) electrons. The molecule has 0 bridgehead atoms. The van der Waals surface area contributed by atoms with E-state index >= 15 is 0 Å². The second kappa shape index (κ2) is 3.86. The highest BCUT2D eigenvalue weighted by Gasteiger charge is 2.20. The lowest BCUT2D eigenvalue weighted by molar-refractivity contribution is 0.273. The summed E-state index contributed by atoms with van der Waals surface area (Å²) < 4.78 is 0. The zero-order chi connectivity index (χ0) is 9.97. The van der Waals surface area contributed by atoms with Crippen LogP contribution in [0.15, 0.2) is 24.3 Å². The molecule has 1 heterocycles. The maximum Gasteiger partial charge on any atom is 0.115 e. The van der Waals surface area contributed by atoms with Gasteiger partial charge in [0.25, 0.3) is 0 Å². The predicted molar refractivity (Wildman–Crippen MR) is 55.3 cm³/mol. The summed E-state index contributed by atoms with van der Waals surface area (Å²) in [7, 11) is 0. The van der Waals surface area contributed by atoms with E-state index < -0.39 is 0 Å². The van der Waals surface area contributed by atoms with Gasteiger partial charge < -0.3 is 20.0 Å². The van der Waals surface area contributed by atoms with Crippen molar-refractivity contribution in [1.82, 2.24) is 0 Å². The fraction of sp³-hybridized carbons (Fsp3) is 0.400. The van der Waals surface area contributed by atoms with E-state index in [1.165, 1.54) is 0 Å². The van der Waals surface area contributed by atoms with Crippen molar-refractivity contribution in [2.75, 3.05) is 36.4 Å². The summed E-state index contributed by atoms with van der Waals surface area (Å²) in [5, 5.41) is 18.3. The average molecular weight is 194 g/mol. The second-order valence-electron chi connectivity index (χ2n) is 3.30. The standard InChI is InChI=1S/C10H14N2O2/c13-7-11-5-6-12(8-14)10-4-2-1-3-9(10)11/h1-4,13-14H,5-8H2. The van der Waals surface area contributed by atoms with Gasteiger partial charge in [0.2, 0.25) is 0 Å². The molecule has 4 heteroatoms. The normalized spacial score (nSPS) is 15.6. The largest absolute Gasteiger partial charge is 0.376 e. The van der Waals surface area contributed by atoms with E-state index in [1.807, 2.05) is 34.1 Å². The van der Waals surface area contributed by atoms with Crippen LogP contribution in [0.4, 0.5) is 11.4 Å². The van der Waals surface area contributed by atoms with Gasteiger partial charge in [-0.15, -0.1) is 0 Å². The van der Waals surface area contributed by atoms with Crippen LogP contribution >= 0.6 is 0 Å². The first-order valence-corrected chi connectivity index (χ1v) is 4.67. The third-order valence-electron chi connectivity index (χ3n) is 2.54. The Morgan fingerprint density at radius 2 is 1.36 bits per heavy atom. The van der Waals surface area contributed by atoms with E-state index in [9.17, 15) is 0 Å². The molecule has 2 N–H and O–H groups in total. The first-order chi connectivity index (χ1) is 6.86. The lowest BCUT2D eigenvalue weighted by Crippen LogP contribution is -2.41. The van der Waals surface area contributed by atoms with Gasteiger partial charge in [-0.3, -0.25) is 0 Å². The van der Waals surface area contributed by atoms with E-state index in [2.05, 4.69) is 0 Å². The predicted octanol–water partition coefficient (Wildman–Crippen LogP) is 0.213. The van der Waals surface area contributed by atoms with Crippen LogP contribution < -0.4 is 9.80 Å². The number of benzene rings is 1. The number of aliphatic hydroxyl groups excluding tert-OH is 2. The zero-order valence-corrected chi connectivity index (χ0v) is 7.93. The summed E-state index contributed by atoms with van der Waals surface area (Å²) in [6.45, 7) is 1.54. The van der Waals surface area contributed by atoms with Gasteiger partial charge in [0.1, 0.15) is 13.5 Å². The summed E-state index contributed by atoms with van der Waals surface area (Å²) in [4.78, 5) is 3.78. The SMILES string of the molecule is OCN1CCN(CO)c2ccccc21.